The first-order valence-electron chi connectivity index (χ1n) is 8.73. The summed E-state index contributed by atoms with van der Waals surface area (Å²) < 4.78 is 19.0. The number of carbonyl (C=O) groups excluding carboxylic acids is 1. The lowest BCUT2D eigenvalue weighted by Gasteiger charge is -2.28. The van der Waals surface area contributed by atoms with E-state index in [0.717, 1.165) is 25.9 Å². The van der Waals surface area contributed by atoms with Gasteiger partial charge >= 0.3 is 0 Å². The monoisotopic (exact) mass is 336 g/mol. The summed E-state index contributed by atoms with van der Waals surface area (Å²) in [5, 5.41) is 13.6. The highest BCUT2D eigenvalue weighted by molar-refractivity contribution is 5.79. The summed E-state index contributed by atoms with van der Waals surface area (Å²) in [5.41, 5.74) is 0. The van der Waals surface area contributed by atoms with Crippen LogP contribution >= 0.6 is 0 Å². The van der Waals surface area contributed by atoms with Crippen LogP contribution in [0.5, 0.6) is 5.75 Å². The smallest absolute Gasteiger partial charge is 0.225 e. The zero-order valence-electron chi connectivity index (χ0n) is 13.8. The fourth-order valence-electron chi connectivity index (χ4n) is 3.46. The minimum atomic E-state index is -0.654. The maximum atomic E-state index is 13.3. The van der Waals surface area contributed by atoms with E-state index in [2.05, 4.69) is 5.32 Å². The van der Waals surface area contributed by atoms with E-state index < -0.39 is 12.2 Å². The van der Waals surface area contributed by atoms with Crippen LogP contribution in [0.15, 0.2) is 24.3 Å². The summed E-state index contributed by atoms with van der Waals surface area (Å²) >= 11 is 0. The third kappa shape index (κ3) is 4.24. The average molecular weight is 336 g/mol. The van der Waals surface area contributed by atoms with E-state index in [9.17, 15) is 14.3 Å². The van der Waals surface area contributed by atoms with Crippen LogP contribution in [0.2, 0.25) is 0 Å². The van der Waals surface area contributed by atoms with Crippen molar-refractivity contribution in [3.05, 3.63) is 30.1 Å². The number of piperidine rings is 1. The minimum absolute atomic E-state index is 0.0871. The van der Waals surface area contributed by atoms with Gasteiger partial charge in [-0.2, -0.15) is 0 Å². The first kappa shape index (κ1) is 17.2. The molecule has 2 N–H and O–H groups in total. The van der Waals surface area contributed by atoms with Crippen molar-refractivity contribution in [1.29, 1.82) is 0 Å². The number of aliphatic hydroxyl groups excluding tert-OH is 1. The van der Waals surface area contributed by atoms with Crippen LogP contribution in [0.25, 0.3) is 0 Å². The molecular weight excluding hydrogens is 311 g/mol. The van der Waals surface area contributed by atoms with Gasteiger partial charge in [0.15, 0.2) is 0 Å². The number of nitrogens with one attached hydrogen (secondary N) is 1. The summed E-state index contributed by atoms with van der Waals surface area (Å²) in [5.74, 6) is 0.328. The van der Waals surface area contributed by atoms with Crippen LogP contribution in [-0.2, 0) is 4.79 Å². The lowest BCUT2D eigenvalue weighted by Crippen LogP contribution is -2.41. The second-order valence-corrected chi connectivity index (χ2v) is 6.61. The predicted molar refractivity (Wildman–Crippen MR) is 88.2 cm³/mol. The Hall–Kier alpha value is -1.66. The Labute approximate surface area is 141 Å². The van der Waals surface area contributed by atoms with Crippen LogP contribution in [0.3, 0.4) is 0 Å². The van der Waals surface area contributed by atoms with E-state index in [1.54, 1.807) is 12.1 Å². The van der Waals surface area contributed by atoms with Gasteiger partial charge in [0, 0.05) is 31.5 Å². The molecule has 2 heterocycles. The van der Waals surface area contributed by atoms with Gasteiger partial charge in [-0.3, -0.25) is 4.79 Å². The van der Waals surface area contributed by atoms with E-state index in [4.69, 9.17) is 4.74 Å². The predicted octanol–water partition coefficient (Wildman–Crippen LogP) is 1.56. The number of benzene rings is 1. The first-order valence-corrected chi connectivity index (χ1v) is 8.73. The Morgan fingerprint density at radius 3 is 2.71 bits per heavy atom. The van der Waals surface area contributed by atoms with E-state index >= 15 is 0 Å². The van der Waals surface area contributed by atoms with Gasteiger partial charge in [0.1, 0.15) is 17.7 Å². The lowest BCUT2D eigenvalue weighted by molar-refractivity contribution is -0.136. The third-order valence-corrected chi connectivity index (χ3v) is 4.89. The van der Waals surface area contributed by atoms with Crippen molar-refractivity contribution in [2.75, 3.05) is 26.2 Å². The number of hydrogen-bond acceptors (Lipinski definition) is 4. The molecule has 2 saturated heterocycles. The summed E-state index contributed by atoms with van der Waals surface area (Å²) in [7, 11) is 0. The summed E-state index contributed by atoms with van der Waals surface area (Å²) in [6, 6.07) is 5.94. The third-order valence-electron chi connectivity index (χ3n) is 4.89. The molecule has 0 aromatic heterocycles. The fraction of sp³-hybridized carbons (Fsp3) is 0.611. The van der Waals surface area contributed by atoms with Crippen molar-refractivity contribution >= 4 is 5.91 Å². The number of amides is 1. The van der Waals surface area contributed by atoms with Crippen molar-refractivity contribution in [1.82, 2.24) is 10.2 Å². The molecule has 2 aliphatic rings. The van der Waals surface area contributed by atoms with E-state index in [1.165, 1.54) is 12.1 Å². The van der Waals surface area contributed by atoms with Crippen molar-refractivity contribution in [3.8, 4) is 5.75 Å². The van der Waals surface area contributed by atoms with Gasteiger partial charge in [0.25, 0.3) is 0 Å². The van der Waals surface area contributed by atoms with Gasteiger partial charge in [-0.05, 0) is 44.5 Å². The molecule has 0 aliphatic carbocycles. The Morgan fingerprint density at radius 1 is 1.21 bits per heavy atom. The van der Waals surface area contributed by atoms with Gasteiger partial charge in [0.05, 0.1) is 6.10 Å². The molecule has 1 aromatic rings. The second-order valence-electron chi connectivity index (χ2n) is 6.61. The molecule has 6 heteroatoms. The molecule has 132 valence electrons. The van der Waals surface area contributed by atoms with Crippen molar-refractivity contribution in [3.63, 3.8) is 0 Å². The molecule has 5 nitrogen and oxygen atoms in total. The molecule has 3 rings (SSSR count). The molecule has 0 bridgehead atoms. The normalized spacial score (nSPS) is 26.0. The van der Waals surface area contributed by atoms with Crippen LogP contribution in [-0.4, -0.2) is 54.3 Å². The van der Waals surface area contributed by atoms with E-state index in [1.807, 2.05) is 4.90 Å². The van der Waals surface area contributed by atoms with Crippen LogP contribution in [0.4, 0.5) is 4.39 Å². The number of nitrogens with zero attached hydrogens (tertiary/aromatic N) is 1. The van der Waals surface area contributed by atoms with Crippen molar-refractivity contribution in [2.45, 2.75) is 37.9 Å². The van der Waals surface area contributed by atoms with E-state index in [-0.39, 0.29) is 17.6 Å². The Bertz CT molecular complexity index is 563. The standard InChI is InChI=1S/C18H25FN2O3/c19-14-2-1-3-15(12-14)24-17-7-11-21(10-6-16(17)22)18(23)13-4-8-20-9-5-13/h1-3,12-13,16-17,20,22H,4-11H2/t16-,17-/m0/s1. The average Bonchev–Trinajstić information content (AvgIpc) is 2.78. The highest BCUT2D eigenvalue weighted by Crippen LogP contribution is 2.23. The molecule has 2 aliphatic heterocycles. The van der Waals surface area contributed by atoms with Gasteiger partial charge < -0.3 is 20.1 Å². The number of rotatable bonds is 3. The molecule has 0 spiro atoms. The molecule has 0 unspecified atom stereocenters. The zero-order valence-corrected chi connectivity index (χ0v) is 13.8. The van der Waals surface area contributed by atoms with Gasteiger partial charge in [0.2, 0.25) is 5.91 Å². The number of ether oxygens (including phenoxy) is 1. The SMILES string of the molecule is O=C(C1CCNCC1)N1CC[C@H](Oc2cccc(F)c2)[C@@H](O)CC1. The quantitative estimate of drug-likeness (QED) is 0.879. The highest BCUT2D eigenvalue weighted by Gasteiger charge is 2.31. The molecule has 2 atom stereocenters. The number of aliphatic hydroxyl groups is 1. The number of halogens is 1. The fourth-order valence-corrected chi connectivity index (χ4v) is 3.46. The van der Waals surface area contributed by atoms with Gasteiger partial charge in [-0.25, -0.2) is 4.39 Å². The molecule has 0 saturated carbocycles. The summed E-state index contributed by atoms with van der Waals surface area (Å²) in [6.07, 6.45) is 1.71. The van der Waals surface area contributed by atoms with Crippen LogP contribution in [0, 0.1) is 11.7 Å². The number of hydrogen-bond donors (Lipinski definition) is 2. The molecule has 0 radical (unpaired) electrons. The summed E-state index contributed by atoms with van der Waals surface area (Å²) in [4.78, 5) is 14.5. The maximum absolute atomic E-state index is 13.3. The Morgan fingerprint density at radius 2 is 1.96 bits per heavy atom. The molecule has 2 fully saturated rings. The molecule has 1 amide bonds. The number of likely N-dealkylation sites (tertiary alicyclic amines) is 1. The first-order chi connectivity index (χ1) is 11.6. The van der Waals surface area contributed by atoms with Crippen LogP contribution < -0.4 is 10.1 Å². The van der Waals surface area contributed by atoms with Crippen molar-refractivity contribution in [2.24, 2.45) is 5.92 Å². The Kier molecular flexibility index (Phi) is 5.68. The molecule has 24 heavy (non-hydrogen) atoms. The van der Waals surface area contributed by atoms with E-state index in [0.29, 0.717) is 31.7 Å². The lowest BCUT2D eigenvalue weighted by atomic mass is 9.96. The largest absolute Gasteiger partial charge is 0.488 e. The summed E-state index contributed by atoms with van der Waals surface area (Å²) in [6.45, 7) is 2.89. The maximum Gasteiger partial charge on any atom is 0.225 e. The topological polar surface area (TPSA) is 61.8 Å². The second kappa shape index (κ2) is 7.94. The highest BCUT2D eigenvalue weighted by atomic mass is 19.1. The number of carbonyl (C=O) groups is 1. The van der Waals surface area contributed by atoms with Crippen molar-refractivity contribution < 1.29 is 19.0 Å². The van der Waals surface area contributed by atoms with Gasteiger partial charge in [-0.15, -0.1) is 0 Å². The molecular formula is C18H25FN2O3. The zero-order chi connectivity index (χ0) is 16.9. The van der Waals surface area contributed by atoms with Gasteiger partial charge in [-0.1, -0.05) is 6.07 Å². The Balaban J connectivity index is 1.59. The van der Waals surface area contributed by atoms with Crippen LogP contribution in [0.1, 0.15) is 25.7 Å². The molecule has 1 aromatic carbocycles. The minimum Gasteiger partial charge on any atom is -0.488 e.